The molecule has 0 atom stereocenters. The first-order valence-electron chi connectivity index (χ1n) is 4.35. The number of hydrogen-bond donors (Lipinski definition) is 2. The van der Waals surface area contributed by atoms with Crippen molar-refractivity contribution in [2.45, 2.75) is 13.8 Å². The van der Waals surface area contributed by atoms with Gasteiger partial charge in [-0.3, -0.25) is 5.10 Å². The van der Waals surface area contributed by atoms with Crippen molar-refractivity contribution >= 4 is 16.6 Å². The number of H-pyrrole nitrogens is 1. The zero-order chi connectivity index (χ0) is 9.42. The summed E-state index contributed by atoms with van der Waals surface area (Å²) in [7, 11) is 1.93. The van der Waals surface area contributed by atoms with Crippen molar-refractivity contribution in [1.29, 1.82) is 0 Å². The van der Waals surface area contributed by atoms with E-state index < -0.39 is 0 Å². The summed E-state index contributed by atoms with van der Waals surface area (Å²) in [6, 6.07) is 4.21. The number of benzene rings is 1. The lowest BCUT2D eigenvalue weighted by molar-refractivity contribution is 1.06. The van der Waals surface area contributed by atoms with Crippen LogP contribution in [-0.4, -0.2) is 17.2 Å². The highest BCUT2D eigenvalue weighted by molar-refractivity contribution is 5.87. The smallest absolute Gasteiger partial charge is 0.0954 e. The maximum Gasteiger partial charge on any atom is 0.0954 e. The number of aromatic amines is 1. The Morgan fingerprint density at radius 3 is 2.77 bits per heavy atom. The van der Waals surface area contributed by atoms with Gasteiger partial charge in [-0.25, -0.2) is 0 Å². The predicted octanol–water partition coefficient (Wildman–Crippen LogP) is 2.22. The molecule has 13 heavy (non-hydrogen) atoms. The summed E-state index contributed by atoms with van der Waals surface area (Å²) in [5.74, 6) is 0. The molecule has 68 valence electrons. The van der Waals surface area contributed by atoms with E-state index >= 15 is 0 Å². The molecule has 0 spiro atoms. The zero-order valence-electron chi connectivity index (χ0n) is 8.10. The second-order valence-corrected chi connectivity index (χ2v) is 3.29. The fourth-order valence-electron chi connectivity index (χ4n) is 1.56. The standard InChI is InChI=1S/C10H13N3/c1-6-4-8(11-3)5-9-7(2)12-13-10(6)9/h4-5,11H,1-3H3,(H,12,13). The molecule has 3 heteroatoms. The quantitative estimate of drug-likeness (QED) is 0.697. The molecule has 0 saturated carbocycles. The molecule has 0 aliphatic heterocycles. The van der Waals surface area contributed by atoms with Gasteiger partial charge in [-0.2, -0.15) is 5.10 Å². The summed E-state index contributed by atoms with van der Waals surface area (Å²) in [5, 5.41) is 11.6. The first-order chi connectivity index (χ1) is 6.22. The Hall–Kier alpha value is -1.51. The molecule has 0 aliphatic rings. The fourth-order valence-corrected chi connectivity index (χ4v) is 1.56. The SMILES string of the molecule is CNc1cc(C)c2n[nH]c(C)c2c1. The van der Waals surface area contributed by atoms with Crippen LogP contribution in [0.3, 0.4) is 0 Å². The normalized spacial score (nSPS) is 10.7. The third-order valence-electron chi connectivity index (χ3n) is 2.33. The molecule has 0 fully saturated rings. The van der Waals surface area contributed by atoms with Crippen LogP contribution in [0.1, 0.15) is 11.3 Å². The molecule has 0 amide bonds. The van der Waals surface area contributed by atoms with Crippen LogP contribution in [0.4, 0.5) is 5.69 Å². The molecule has 1 aromatic carbocycles. The molecule has 1 aromatic heterocycles. The van der Waals surface area contributed by atoms with Crippen molar-refractivity contribution in [3.8, 4) is 0 Å². The average Bonchev–Trinajstić information content (AvgIpc) is 2.48. The molecule has 0 saturated heterocycles. The van der Waals surface area contributed by atoms with Crippen LogP contribution in [0, 0.1) is 13.8 Å². The average molecular weight is 175 g/mol. The van der Waals surface area contributed by atoms with E-state index in [1.165, 1.54) is 10.9 Å². The molecule has 2 aromatic rings. The number of hydrogen-bond acceptors (Lipinski definition) is 2. The number of nitrogens with zero attached hydrogens (tertiary/aromatic N) is 1. The van der Waals surface area contributed by atoms with E-state index in [0.717, 1.165) is 16.9 Å². The minimum atomic E-state index is 1.07. The highest BCUT2D eigenvalue weighted by Gasteiger charge is 2.04. The van der Waals surface area contributed by atoms with Crippen LogP contribution in [0.2, 0.25) is 0 Å². The van der Waals surface area contributed by atoms with Gasteiger partial charge in [0.25, 0.3) is 0 Å². The van der Waals surface area contributed by atoms with E-state index in [0.29, 0.717) is 0 Å². The van der Waals surface area contributed by atoms with Crippen molar-refractivity contribution in [2.24, 2.45) is 0 Å². The van der Waals surface area contributed by atoms with Crippen molar-refractivity contribution in [1.82, 2.24) is 10.2 Å². The first-order valence-corrected chi connectivity index (χ1v) is 4.35. The third kappa shape index (κ3) is 1.16. The Labute approximate surface area is 77.2 Å². The summed E-state index contributed by atoms with van der Waals surface area (Å²) < 4.78 is 0. The number of anilines is 1. The van der Waals surface area contributed by atoms with Gasteiger partial charge in [0.1, 0.15) is 0 Å². The summed E-state index contributed by atoms with van der Waals surface area (Å²) >= 11 is 0. The van der Waals surface area contributed by atoms with Crippen LogP contribution in [0.25, 0.3) is 10.9 Å². The minimum Gasteiger partial charge on any atom is -0.388 e. The maximum absolute atomic E-state index is 4.24. The van der Waals surface area contributed by atoms with E-state index in [-0.39, 0.29) is 0 Å². The number of rotatable bonds is 1. The van der Waals surface area contributed by atoms with Gasteiger partial charge in [-0.15, -0.1) is 0 Å². The molecule has 0 radical (unpaired) electrons. The highest BCUT2D eigenvalue weighted by atomic mass is 15.1. The number of aryl methyl sites for hydroxylation is 2. The number of aromatic nitrogens is 2. The van der Waals surface area contributed by atoms with Crippen LogP contribution in [0.15, 0.2) is 12.1 Å². The predicted molar refractivity (Wildman–Crippen MR) is 55.1 cm³/mol. The Balaban J connectivity index is 2.80. The van der Waals surface area contributed by atoms with Crippen LogP contribution in [-0.2, 0) is 0 Å². The summed E-state index contributed by atoms with van der Waals surface area (Å²) in [6.45, 7) is 4.11. The lowest BCUT2D eigenvalue weighted by Crippen LogP contribution is -1.88. The van der Waals surface area contributed by atoms with E-state index in [9.17, 15) is 0 Å². The molecular weight excluding hydrogens is 162 g/mol. The van der Waals surface area contributed by atoms with E-state index in [2.05, 4.69) is 34.6 Å². The topological polar surface area (TPSA) is 40.7 Å². The first kappa shape index (κ1) is 8.10. The molecule has 3 nitrogen and oxygen atoms in total. The maximum atomic E-state index is 4.24. The molecule has 1 heterocycles. The van der Waals surface area contributed by atoms with Gasteiger partial charge >= 0.3 is 0 Å². The van der Waals surface area contributed by atoms with Crippen LogP contribution < -0.4 is 5.32 Å². The van der Waals surface area contributed by atoms with Gasteiger partial charge in [-0.05, 0) is 31.5 Å². The largest absolute Gasteiger partial charge is 0.388 e. The molecular formula is C10H13N3. The Morgan fingerprint density at radius 1 is 1.31 bits per heavy atom. The van der Waals surface area contributed by atoms with E-state index in [1.54, 1.807) is 0 Å². The van der Waals surface area contributed by atoms with Crippen LogP contribution in [0.5, 0.6) is 0 Å². The lowest BCUT2D eigenvalue weighted by atomic mass is 10.1. The second kappa shape index (κ2) is 2.76. The van der Waals surface area contributed by atoms with Crippen molar-refractivity contribution < 1.29 is 0 Å². The van der Waals surface area contributed by atoms with E-state index in [1.807, 2.05) is 14.0 Å². The van der Waals surface area contributed by atoms with Crippen molar-refractivity contribution in [3.05, 3.63) is 23.4 Å². The third-order valence-corrected chi connectivity index (χ3v) is 2.33. The Bertz CT molecular complexity index is 443. The minimum absolute atomic E-state index is 1.07. The molecule has 2 rings (SSSR count). The Kier molecular flexibility index (Phi) is 1.72. The lowest BCUT2D eigenvalue weighted by Gasteiger charge is -2.02. The summed E-state index contributed by atoms with van der Waals surface area (Å²) in [6.07, 6.45) is 0. The van der Waals surface area contributed by atoms with Crippen molar-refractivity contribution in [2.75, 3.05) is 12.4 Å². The molecule has 2 N–H and O–H groups in total. The van der Waals surface area contributed by atoms with Gasteiger partial charge in [0.05, 0.1) is 5.52 Å². The fraction of sp³-hybridized carbons (Fsp3) is 0.300. The molecule has 0 bridgehead atoms. The van der Waals surface area contributed by atoms with E-state index in [4.69, 9.17) is 0 Å². The highest BCUT2D eigenvalue weighted by Crippen LogP contribution is 2.23. The number of nitrogens with one attached hydrogen (secondary N) is 2. The van der Waals surface area contributed by atoms with Crippen molar-refractivity contribution in [3.63, 3.8) is 0 Å². The summed E-state index contributed by atoms with van der Waals surface area (Å²) in [4.78, 5) is 0. The van der Waals surface area contributed by atoms with Gasteiger partial charge in [0, 0.05) is 23.8 Å². The molecule has 0 unspecified atom stereocenters. The number of fused-ring (bicyclic) bond motifs is 1. The van der Waals surface area contributed by atoms with Gasteiger partial charge in [-0.1, -0.05) is 0 Å². The molecule has 0 aliphatic carbocycles. The van der Waals surface area contributed by atoms with Gasteiger partial charge < -0.3 is 5.32 Å². The zero-order valence-corrected chi connectivity index (χ0v) is 8.10. The Morgan fingerprint density at radius 2 is 2.08 bits per heavy atom. The summed E-state index contributed by atoms with van der Waals surface area (Å²) in [5.41, 5.74) is 4.52. The monoisotopic (exact) mass is 175 g/mol. The van der Waals surface area contributed by atoms with Crippen LogP contribution >= 0.6 is 0 Å². The van der Waals surface area contributed by atoms with Gasteiger partial charge in [0.15, 0.2) is 0 Å². The van der Waals surface area contributed by atoms with Gasteiger partial charge in [0.2, 0.25) is 0 Å². The second-order valence-electron chi connectivity index (χ2n) is 3.29.